The third-order valence-electron chi connectivity index (χ3n) is 2.32. The molecule has 0 aromatic carbocycles. The Bertz CT molecular complexity index is 471. The maximum atomic E-state index is 12.1. The van der Waals surface area contributed by atoms with Crippen LogP contribution in [0.15, 0.2) is 23.2 Å². The molecule has 0 aliphatic carbocycles. The highest BCUT2D eigenvalue weighted by molar-refractivity contribution is 7.89. The van der Waals surface area contributed by atoms with Crippen LogP contribution in [0.3, 0.4) is 0 Å². The van der Waals surface area contributed by atoms with Crippen molar-refractivity contribution in [2.75, 3.05) is 25.5 Å². The topological polar surface area (TPSA) is 82.5 Å². The standard InChI is InChI=1S/C11H19N3O3S/c1-4-12-11-6-5-10(7-13-11)18(16,17)14(3)8-9(2)15/h5-7,9,15H,4,8H2,1-3H3,(H,12,13). The fourth-order valence-electron chi connectivity index (χ4n) is 1.47. The van der Waals surface area contributed by atoms with Gasteiger partial charge in [0.2, 0.25) is 10.0 Å². The number of anilines is 1. The van der Waals surface area contributed by atoms with Crippen molar-refractivity contribution < 1.29 is 13.5 Å². The normalized spacial score (nSPS) is 13.6. The predicted octanol–water partition coefficient (Wildman–Crippen LogP) is 0.515. The average Bonchev–Trinajstić information content (AvgIpc) is 2.29. The summed E-state index contributed by atoms with van der Waals surface area (Å²) in [6, 6.07) is 3.12. The van der Waals surface area contributed by atoms with Gasteiger partial charge in [-0.15, -0.1) is 0 Å². The van der Waals surface area contributed by atoms with Crippen molar-refractivity contribution in [1.82, 2.24) is 9.29 Å². The first-order valence-electron chi connectivity index (χ1n) is 5.72. The third kappa shape index (κ3) is 3.66. The molecule has 0 bridgehead atoms. The summed E-state index contributed by atoms with van der Waals surface area (Å²) in [4.78, 5) is 4.13. The zero-order valence-corrected chi connectivity index (χ0v) is 11.6. The van der Waals surface area contributed by atoms with Gasteiger partial charge in [0.25, 0.3) is 0 Å². The van der Waals surface area contributed by atoms with E-state index in [4.69, 9.17) is 0 Å². The summed E-state index contributed by atoms with van der Waals surface area (Å²) in [6.07, 6.45) is 0.602. The second kappa shape index (κ2) is 6.12. The van der Waals surface area contributed by atoms with E-state index < -0.39 is 16.1 Å². The van der Waals surface area contributed by atoms with Crippen molar-refractivity contribution in [3.05, 3.63) is 18.3 Å². The van der Waals surface area contributed by atoms with E-state index in [0.717, 1.165) is 10.8 Å². The quantitative estimate of drug-likeness (QED) is 0.789. The maximum Gasteiger partial charge on any atom is 0.244 e. The minimum atomic E-state index is -3.58. The molecule has 18 heavy (non-hydrogen) atoms. The highest BCUT2D eigenvalue weighted by atomic mass is 32.2. The molecule has 0 saturated carbocycles. The molecular formula is C11H19N3O3S. The van der Waals surface area contributed by atoms with E-state index in [9.17, 15) is 13.5 Å². The Balaban J connectivity index is 2.91. The van der Waals surface area contributed by atoms with Crippen LogP contribution in [0.2, 0.25) is 0 Å². The molecule has 7 heteroatoms. The van der Waals surface area contributed by atoms with E-state index in [2.05, 4.69) is 10.3 Å². The van der Waals surface area contributed by atoms with Gasteiger partial charge in [-0.1, -0.05) is 0 Å². The van der Waals surface area contributed by atoms with Crippen LogP contribution in [-0.4, -0.2) is 49.1 Å². The molecule has 0 amide bonds. The van der Waals surface area contributed by atoms with Gasteiger partial charge in [-0.25, -0.2) is 13.4 Å². The summed E-state index contributed by atoms with van der Waals surface area (Å²) >= 11 is 0. The van der Waals surface area contributed by atoms with E-state index in [0.29, 0.717) is 5.82 Å². The zero-order valence-electron chi connectivity index (χ0n) is 10.8. The van der Waals surface area contributed by atoms with E-state index in [-0.39, 0.29) is 11.4 Å². The summed E-state index contributed by atoms with van der Waals surface area (Å²) in [6.45, 7) is 4.25. The van der Waals surface area contributed by atoms with Crippen LogP contribution >= 0.6 is 0 Å². The number of aliphatic hydroxyl groups excluding tert-OH is 1. The monoisotopic (exact) mass is 273 g/mol. The van der Waals surface area contributed by atoms with Crippen LogP contribution in [0.25, 0.3) is 0 Å². The highest BCUT2D eigenvalue weighted by Crippen LogP contribution is 2.15. The van der Waals surface area contributed by atoms with Crippen molar-refractivity contribution in [3.8, 4) is 0 Å². The van der Waals surface area contributed by atoms with Gasteiger partial charge < -0.3 is 10.4 Å². The molecule has 0 spiro atoms. The number of likely N-dealkylation sites (N-methyl/N-ethyl adjacent to an activating group) is 1. The third-order valence-corrected chi connectivity index (χ3v) is 4.13. The Kier molecular flexibility index (Phi) is 5.06. The molecule has 102 valence electrons. The number of hydrogen-bond acceptors (Lipinski definition) is 5. The fraction of sp³-hybridized carbons (Fsp3) is 0.545. The molecular weight excluding hydrogens is 254 g/mol. The van der Waals surface area contributed by atoms with Crippen molar-refractivity contribution in [1.29, 1.82) is 0 Å². The Hall–Kier alpha value is -1.18. The van der Waals surface area contributed by atoms with E-state index in [1.54, 1.807) is 13.0 Å². The molecule has 2 N–H and O–H groups in total. The van der Waals surface area contributed by atoms with Crippen molar-refractivity contribution >= 4 is 15.8 Å². The summed E-state index contributed by atoms with van der Waals surface area (Å²) in [7, 11) is -2.15. The van der Waals surface area contributed by atoms with Gasteiger partial charge in [0, 0.05) is 26.3 Å². The van der Waals surface area contributed by atoms with E-state index >= 15 is 0 Å². The molecule has 1 unspecified atom stereocenters. The lowest BCUT2D eigenvalue weighted by Crippen LogP contribution is -2.33. The number of sulfonamides is 1. The Morgan fingerprint density at radius 1 is 1.50 bits per heavy atom. The fourth-order valence-corrected chi connectivity index (χ4v) is 2.67. The predicted molar refractivity (Wildman–Crippen MR) is 69.9 cm³/mol. The van der Waals surface area contributed by atoms with Gasteiger partial charge in [0.15, 0.2) is 0 Å². The molecule has 6 nitrogen and oxygen atoms in total. The van der Waals surface area contributed by atoms with Crippen LogP contribution in [0, 0.1) is 0 Å². The van der Waals surface area contributed by atoms with Gasteiger partial charge in [-0.3, -0.25) is 0 Å². The molecule has 0 aliphatic heterocycles. The molecule has 0 radical (unpaired) electrons. The van der Waals surface area contributed by atoms with Gasteiger partial charge in [-0.05, 0) is 26.0 Å². The Morgan fingerprint density at radius 2 is 2.17 bits per heavy atom. The Labute approximate surface area is 108 Å². The first-order chi connectivity index (χ1) is 8.37. The molecule has 1 aromatic heterocycles. The number of hydrogen-bond donors (Lipinski definition) is 2. The first-order valence-corrected chi connectivity index (χ1v) is 7.16. The summed E-state index contributed by atoms with van der Waals surface area (Å²) in [5.41, 5.74) is 0. The van der Waals surface area contributed by atoms with Crippen LogP contribution in [0.4, 0.5) is 5.82 Å². The lowest BCUT2D eigenvalue weighted by Gasteiger charge is -2.18. The second-order valence-corrected chi connectivity index (χ2v) is 6.09. The highest BCUT2D eigenvalue weighted by Gasteiger charge is 2.22. The van der Waals surface area contributed by atoms with Crippen LogP contribution in [-0.2, 0) is 10.0 Å². The summed E-state index contributed by atoms with van der Waals surface area (Å²) < 4.78 is 25.3. The minimum absolute atomic E-state index is 0.0529. The molecule has 0 aliphatic rings. The first kappa shape index (κ1) is 14.9. The average molecular weight is 273 g/mol. The van der Waals surface area contributed by atoms with Crippen LogP contribution < -0.4 is 5.32 Å². The van der Waals surface area contributed by atoms with E-state index in [1.165, 1.54) is 19.3 Å². The lowest BCUT2D eigenvalue weighted by atomic mass is 10.4. The molecule has 1 atom stereocenters. The van der Waals surface area contributed by atoms with Gasteiger partial charge in [0.05, 0.1) is 6.10 Å². The SMILES string of the molecule is CCNc1ccc(S(=O)(=O)N(C)CC(C)O)cn1. The number of aromatic nitrogens is 1. The zero-order chi connectivity index (χ0) is 13.8. The molecule has 1 aromatic rings. The van der Waals surface area contributed by atoms with Crippen molar-refractivity contribution in [2.45, 2.75) is 24.8 Å². The number of nitrogens with one attached hydrogen (secondary N) is 1. The summed E-state index contributed by atoms with van der Waals surface area (Å²) in [5, 5.41) is 12.2. The van der Waals surface area contributed by atoms with Crippen LogP contribution in [0.1, 0.15) is 13.8 Å². The minimum Gasteiger partial charge on any atom is -0.392 e. The Morgan fingerprint density at radius 3 is 2.61 bits per heavy atom. The molecule has 0 fully saturated rings. The van der Waals surface area contributed by atoms with Crippen molar-refractivity contribution in [2.24, 2.45) is 0 Å². The smallest absolute Gasteiger partial charge is 0.244 e. The number of pyridine rings is 1. The molecule has 0 saturated heterocycles. The number of rotatable bonds is 6. The van der Waals surface area contributed by atoms with Gasteiger partial charge in [-0.2, -0.15) is 4.31 Å². The number of aliphatic hydroxyl groups is 1. The van der Waals surface area contributed by atoms with Gasteiger partial charge >= 0.3 is 0 Å². The van der Waals surface area contributed by atoms with Gasteiger partial charge in [0.1, 0.15) is 10.7 Å². The summed E-state index contributed by atoms with van der Waals surface area (Å²) in [5.74, 6) is 0.634. The largest absolute Gasteiger partial charge is 0.392 e. The molecule has 1 rings (SSSR count). The molecule has 1 heterocycles. The maximum absolute atomic E-state index is 12.1. The second-order valence-electron chi connectivity index (χ2n) is 4.04. The van der Waals surface area contributed by atoms with E-state index in [1.807, 2.05) is 6.92 Å². The van der Waals surface area contributed by atoms with Crippen molar-refractivity contribution in [3.63, 3.8) is 0 Å². The number of nitrogens with zero attached hydrogens (tertiary/aromatic N) is 2. The lowest BCUT2D eigenvalue weighted by molar-refractivity contribution is 0.171. The van der Waals surface area contributed by atoms with Crippen LogP contribution in [0.5, 0.6) is 0 Å².